The first kappa shape index (κ1) is 24.1. The number of nitrogens with zero attached hydrogens (tertiary/aromatic N) is 2. The van der Waals surface area contributed by atoms with Gasteiger partial charge in [-0.3, -0.25) is 9.69 Å². The van der Waals surface area contributed by atoms with E-state index in [1.165, 1.54) is 0 Å². The van der Waals surface area contributed by atoms with E-state index in [9.17, 15) is 4.79 Å². The van der Waals surface area contributed by atoms with Gasteiger partial charge in [0.05, 0.1) is 17.4 Å². The second-order valence-electron chi connectivity index (χ2n) is 7.90. The van der Waals surface area contributed by atoms with Crippen LogP contribution in [-0.2, 0) is 21.8 Å². The molecule has 0 spiro atoms. The van der Waals surface area contributed by atoms with Gasteiger partial charge in [0, 0.05) is 38.1 Å². The molecule has 1 heterocycles. The van der Waals surface area contributed by atoms with E-state index in [1.807, 2.05) is 36.4 Å². The van der Waals surface area contributed by atoms with Crippen LogP contribution in [-0.4, -0.2) is 56.0 Å². The highest BCUT2D eigenvalue weighted by molar-refractivity contribution is 7.99. The van der Waals surface area contributed by atoms with E-state index >= 15 is 0 Å². The Morgan fingerprint density at radius 3 is 2.75 bits per heavy atom. The molecule has 6 nitrogen and oxygen atoms in total. The van der Waals surface area contributed by atoms with E-state index in [0.717, 1.165) is 55.2 Å². The summed E-state index contributed by atoms with van der Waals surface area (Å²) in [5, 5.41) is 11.8. The molecule has 1 N–H and O–H groups in total. The first-order chi connectivity index (χ1) is 15.6. The van der Waals surface area contributed by atoms with Gasteiger partial charge >= 0.3 is 0 Å². The summed E-state index contributed by atoms with van der Waals surface area (Å²) >= 11 is 1.56. The normalized spacial score (nSPS) is 14.2. The number of benzene rings is 2. The lowest BCUT2D eigenvalue weighted by atomic mass is 10.1. The molecule has 0 unspecified atom stereocenters. The van der Waals surface area contributed by atoms with Crippen LogP contribution in [0, 0.1) is 11.3 Å². The number of nitrogens with one attached hydrogen (secondary N) is 1. The Balaban J connectivity index is 1.33. The van der Waals surface area contributed by atoms with Crippen molar-refractivity contribution in [2.75, 3.05) is 39.2 Å². The van der Waals surface area contributed by atoms with Crippen LogP contribution in [0.1, 0.15) is 29.5 Å². The average Bonchev–Trinajstić information content (AvgIpc) is 2.84. The fraction of sp³-hybridized carbons (Fsp3) is 0.440. The van der Waals surface area contributed by atoms with Crippen LogP contribution in [0.3, 0.4) is 0 Å². The highest BCUT2D eigenvalue weighted by atomic mass is 32.2. The predicted octanol–water partition coefficient (Wildman–Crippen LogP) is 3.60. The Morgan fingerprint density at radius 1 is 1.22 bits per heavy atom. The average molecular weight is 454 g/mol. The Morgan fingerprint density at radius 2 is 2.00 bits per heavy atom. The number of likely N-dealkylation sites (N-methyl/N-ethyl adjacent to an activating group) is 1. The quantitative estimate of drug-likeness (QED) is 0.560. The monoisotopic (exact) mass is 453 g/mol. The van der Waals surface area contributed by atoms with E-state index in [-0.39, 0.29) is 5.91 Å². The van der Waals surface area contributed by atoms with Crippen molar-refractivity contribution in [3.63, 3.8) is 0 Å². The van der Waals surface area contributed by atoms with E-state index < -0.39 is 0 Å². The molecule has 0 saturated carbocycles. The Kier molecular flexibility index (Phi) is 9.89. The van der Waals surface area contributed by atoms with Gasteiger partial charge in [-0.15, -0.1) is 11.8 Å². The Hall–Kier alpha value is -2.53. The molecule has 1 saturated heterocycles. The lowest BCUT2D eigenvalue weighted by Crippen LogP contribution is -2.38. The minimum atomic E-state index is 0.00746. The summed E-state index contributed by atoms with van der Waals surface area (Å²) in [6, 6.07) is 18.0. The largest absolute Gasteiger partial charge is 0.492 e. The molecule has 0 aliphatic carbocycles. The zero-order chi connectivity index (χ0) is 22.6. The third kappa shape index (κ3) is 8.19. The zero-order valence-electron chi connectivity index (χ0n) is 18.6. The van der Waals surface area contributed by atoms with Crippen LogP contribution in [0.15, 0.2) is 48.5 Å². The van der Waals surface area contributed by atoms with Gasteiger partial charge in [-0.05, 0) is 55.3 Å². The number of hydrogen-bond donors (Lipinski definition) is 1. The fourth-order valence-electron chi connectivity index (χ4n) is 3.55. The lowest BCUT2D eigenvalue weighted by Gasteiger charge is -2.31. The number of carbonyl (C=O) groups excluding carboxylic acids is 1. The van der Waals surface area contributed by atoms with Gasteiger partial charge in [0.2, 0.25) is 5.91 Å². The maximum absolute atomic E-state index is 12.2. The third-order valence-electron chi connectivity index (χ3n) is 5.50. The molecule has 1 amide bonds. The van der Waals surface area contributed by atoms with Crippen molar-refractivity contribution in [1.82, 2.24) is 10.2 Å². The summed E-state index contributed by atoms with van der Waals surface area (Å²) in [4.78, 5) is 14.5. The summed E-state index contributed by atoms with van der Waals surface area (Å²) in [6.45, 7) is 3.68. The number of nitriles is 1. The number of carbonyl (C=O) groups is 1. The van der Waals surface area contributed by atoms with Gasteiger partial charge in [-0.2, -0.15) is 5.26 Å². The summed E-state index contributed by atoms with van der Waals surface area (Å²) in [7, 11) is 2.14. The van der Waals surface area contributed by atoms with Crippen LogP contribution in [0.25, 0.3) is 0 Å². The third-order valence-corrected chi connectivity index (χ3v) is 6.50. The van der Waals surface area contributed by atoms with Crippen molar-refractivity contribution in [3.05, 3.63) is 65.2 Å². The first-order valence-electron chi connectivity index (χ1n) is 11.0. The Bertz CT molecular complexity index is 892. The van der Waals surface area contributed by atoms with Crippen LogP contribution in [0.5, 0.6) is 5.75 Å². The van der Waals surface area contributed by atoms with E-state index in [4.69, 9.17) is 14.7 Å². The van der Waals surface area contributed by atoms with Crippen molar-refractivity contribution in [2.45, 2.75) is 31.2 Å². The maximum atomic E-state index is 12.2. The van der Waals surface area contributed by atoms with Gasteiger partial charge < -0.3 is 14.8 Å². The molecule has 170 valence electrons. The number of amides is 1. The molecule has 1 fully saturated rings. The highest BCUT2D eigenvalue weighted by Crippen LogP contribution is 2.16. The highest BCUT2D eigenvalue weighted by Gasteiger charge is 2.18. The second-order valence-corrected chi connectivity index (χ2v) is 8.88. The fourth-order valence-corrected chi connectivity index (χ4v) is 4.37. The van der Waals surface area contributed by atoms with Gasteiger partial charge in [0.25, 0.3) is 0 Å². The summed E-state index contributed by atoms with van der Waals surface area (Å²) in [6.07, 6.45) is 2.16. The second kappa shape index (κ2) is 13.1. The molecule has 7 heteroatoms. The van der Waals surface area contributed by atoms with Crippen LogP contribution in [0.2, 0.25) is 0 Å². The molecule has 0 atom stereocenters. The van der Waals surface area contributed by atoms with Crippen molar-refractivity contribution in [1.29, 1.82) is 5.26 Å². The standard InChI is InChI=1S/C25H31N3O3S/c1-28(23-9-12-30-13-10-23)11-14-31-24-4-2-3-22(15-24)17-27-25(29)19-32-18-21-7-5-20(16-26)6-8-21/h2-8,15,23H,9-14,17-19H2,1H3,(H,27,29). The van der Waals surface area contributed by atoms with Gasteiger partial charge in [0.15, 0.2) is 0 Å². The number of thioether (sulfide) groups is 1. The smallest absolute Gasteiger partial charge is 0.230 e. The van der Waals surface area contributed by atoms with Gasteiger partial charge in [-0.1, -0.05) is 24.3 Å². The van der Waals surface area contributed by atoms with Crippen molar-refractivity contribution in [2.24, 2.45) is 0 Å². The molecule has 2 aromatic carbocycles. The molecular weight excluding hydrogens is 422 g/mol. The summed E-state index contributed by atoms with van der Waals surface area (Å²) in [5.74, 6) is 1.97. The van der Waals surface area contributed by atoms with Crippen molar-refractivity contribution < 1.29 is 14.3 Å². The molecule has 0 radical (unpaired) electrons. The van der Waals surface area contributed by atoms with Crippen molar-refractivity contribution >= 4 is 17.7 Å². The Labute approximate surface area is 194 Å². The van der Waals surface area contributed by atoms with Crippen LogP contribution >= 0.6 is 11.8 Å². The first-order valence-corrected chi connectivity index (χ1v) is 12.1. The predicted molar refractivity (Wildman–Crippen MR) is 128 cm³/mol. The summed E-state index contributed by atoms with van der Waals surface area (Å²) < 4.78 is 11.4. The summed E-state index contributed by atoms with van der Waals surface area (Å²) in [5.41, 5.74) is 2.77. The molecule has 0 aromatic heterocycles. The molecule has 1 aliphatic heterocycles. The molecule has 3 rings (SSSR count). The molecule has 2 aromatic rings. The van der Waals surface area contributed by atoms with E-state index in [2.05, 4.69) is 23.3 Å². The topological polar surface area (TPSA) is 74.6 Å². The van der Waals surface area contributed by atoms with E-state index in [1.54, 1.807) is 23.9 Å². The van der Waals surface area contributed by atoms with Crippen LogP contribution in [0.4, 0.5) is 0 Å². The zero-order valence-corrected chi connectivity index (χ0v) is 19.4. The molecule has 1 aliphatic rings. The van der Waals surface area contributed by atoms with Gasteiger partial charge in [-0.25, -0.2) is 0 Å². The van der Waals surface area contributed by atoms with Crippen LogP contribution < -0.4 is 10.1 Å². The minimum Gasteiger partial charge on any atom is -0.492 e. The molecule has 0 bridgehead atoms. The SMILES string of the molecule is CN(CCOc1cccc(CNC(=O)CSCc2ccc(C#N)cc2)c1)C1CCOCC1. The number of rotatable bonds is 11. The molecule has 32 heavy (non-hydrogen) atoms. The lowest BCUT2D eigenvalue weighted by molar-refractivity contribution is -0.118. The minimum absolute atomic E-state index is 0.00746. The molecular formula is C25H31N3O3S. The van der Waals surface area contributed by atoms with E-state index in [0.29, 0.717) is 30.5 Å². The number of hydrogen-bond acceptors (Lipinski definition) is 6. The van der Waals surface area contributed by atoms with Crippen molar-refractivity contribution in [3.8, 4) is 11.8 Å². The number of ether oxygens (including phenoxy) is 2. The van der Waals surface area contributed by atoms with Gasteiger partial charge in [0.1, 0.15) is 12.4 Å². The maximum Gasteiger partial charge on any atom is 0.230 e.